The van der Waals surface area contributed by atoms with Gasteiger partial charge in [-0.15, -0.1) is 11.3 Å². The van der Waals surface area contributed by atoms with E-state index >= 15 is 0 Å². The van der Waals surface area contributed by atoms with Crippen LogP contribution in [0.2, 0.25) is 4.34 Å². The maximum atomic E-state index is 11.1. The van der Waals surface area contributed by atoms with Crippen molar-refractivity contribution in [2.24, 2.45) is 0 Å². The highest BCUT2D eigenvalue weighted by Gasteiger charge is 2.05. The van der Waals surface area contributed by atoms with Crippen LogP contribution in [0.4, 0.5) is 0 Å². The van der Waals surface area contributed by atoms with Crippen molar-refractivity contribution in [3.63, 3.8) is 0 Å². The zero-order valence-electron chi connectivity index (χ0n) is 8.96. The Kier molecular flexibility index (Phi) is 5.82. The summed E-state index contributed by atoms with van der Waals surface area (Å²) in [5, 5.41) is 3.59. The Morgan fingerprint density at radius 1 is 1.60 bits per heavy atom. The summed E-state index contributed by atoms with van der Waals surface area (Å²) in [5.74, 6) is 0. The maximum Gasteiger partial charge on any atom is 0.0931 e. The van der Waals surface area contributed by atoms with Crippen molar-refractivity contribution in [2.45, 2.75) is 25.1 Å². The van der Waals surface area contributed by atoms with Crippen LogP contribution in [0.25, 0.3) is 0 Å². The second-order valence-electron chi connectivity index (χ2n) is 3.48. The molecular formula is C10H16ClNOS2. The Balaban J connectivity index is 2.14. The molecule has 0 radical (unpaired) electrons. The molecule has 0 saturated heterocycles. The van der Waals surface area contributed by atoms with Crippen LogP contribution in [0.5, 0.6) is 0 Å². The first kappa shape index (κ1) is 13.2. The van der Waals surface area contributed by atoms with Crippen LogP contribution in [0.3, 0.4) is 0 Å². The largest absolute Gasteiger partial charge is 0.312 e. The lowest BCUT2D eigenvalue weighted by Crippen LogP contribution is -2.20. The van der Waals surface area contributed by atoms with Crippen LogP contribution in [0.1, 0.15) is 18.2 Å². The van der Waals surface area contributed by atoms with Crippen molar-refractivity contribution in [1.29, 1.82) is 0 Å². The molecule has 1 heterocycles. The zero-order valence-corrected chi connectivity index (χ0v) is 11.3. The first-order valence-electron chi connectivity index (χ1n) is 4.86. The van der Waals surface area contributed by atoms with Crippen LogP contribution in [0, 0.1) is 0 Å². The molecule has 86 valence electrons. The molecule has 1 aromatic heterocycles. The highest BCUT2D eigenvalue weighted by atomic mass is 35.5. The van der Waals surface area contributed by atoms with Crippen molar-refractivity contribution < 1.29 is 4.21 Å². The summed E-state index contributed by atoms with van der Waals surface area (Å²) in [7, 11) is -0.713. The molecule has 15 heavy (non-hydrogen) atoms. The Labute approximate surface area is 102 Å². The van der Waals surface area contributed by atoms with E-state index in [1.807, 2.05) is 19.1 Å². The molecule has 5 heteroatoms. The molecule has 0 saturated carbocycles. The SMILES string of the molecule is CC(CCNCc1ccc(Cl)s1)S(C)=O. The fourth-order valence-electron chi connectivity index (χ4n) is 1.13. The lowest BCUT2D eigenvalue weighted by molar-refractivity contribution is 0.632. The van der Waals surface area contributed by atoms with Gasteiger partial charge in [0.25, 0.3) is 0 Å². The van der Waals surface area contributed by atoms with Gasteiger partial charge in [-0.1, -0.05) is 18.5 Å². The Morgan fingerprint density at radius 2 is 2.33 bits per heavy atom. The second-order valence-corrected chi connectivity index (χ2v) is 7.08. The molecule has 0 aliphatic rings. The molecule has 2 unspecified atom stereocenters. The number of hydrogen-bond donors (Lipinski definition) is 1. The molecule has 1 aromatic rings. The van der Waals surface area contributed by atoms with Crippen LogP contribution in [-0.4, -0.2) is 22.3 Å². The normalized spacial score (nSPS) is 15.1. The van der Waals surface area contributed by atoms with E-state index in [0.29, 0.717) is 0 Å². The summed E-state index contributed by atoms with van der Waals surface area (Å²) in [6.45, 7) is 3.76. The topological polar surface area (TPSA) is 29.1 Å². The number of hydrogen-bond acceptors (Lipinski definition) is 3. The maximum absolute atomic E-state index is 11.1. The summed E-state index contributed by atoms with van der Waals surface area (Å²) in [6.07, 6.45) is 2.70. The number of nitrogens with one attached hydrogen (secondary N) is 1. The third kappa shape index (κ3) is 5.11. The quantitative estimate of drug-likeness (QED) is 0.802. The predicted molar refractivity (Wildman–Crippen MR) is 69.2 cm³/mol. The lowest BCUT2D eigenvalue weighted by atomic mass is 10.3. The molecule has 0 bridgehead atoms. The van der Waals surface area contributed by atoms with Gasteiger partial charge in [-0.3, -0.25) is 4.21 Å². The molecule has 0 aliphatic heterocycles. The second kappa shape index (κ2) is 6.63. The molecule has 0 fully saturated rings. The van der Waals surface area contributed by atoms with Crippen molar-refractivity contribution in [1.82, 2.24) is 5.32 Å². The lowest BCUT2D eigenvalue weighted by Gasteiger charge is -2.08. The zero-order chi connectivity index (χ0) is 11.3. The minimum absolute atomic E-state index is 0.268. The van der Waals surface area contributed by atoms with Crippen LogP contribution < -0.4 is 5.32 Å². The van der Waals surface area contributed by atoms with Crippen molar-refractivity contribution in [2.75, 3.05) is 12.8 Å². The molecule has 0 aromatic carbocycles. The minimum atomic E-state index is -0.713. The molecule has 2 atom stereocenters. The van der Waals surface area contributed by atoms with Crippen LogP contribution >= 0.6 is 22.9 Å². The van der Waals surface area contributed by atoms with Crippen molar-refractivity contribution in [3.05, 3.63) is 21.3 Å². The van der Waals surface area contributed by atoms with Gasteiger partial charge in [0.1, 0.15) is 0 Å². The van der Waals surface area contributed by atoms with Crippen LogP contribution in [0.15, 0.2) is 12.1 Å². The van der Waals surface area contributed by atoms with E-state index in [1.54, 1.807) is 17.6 Å². The number of halogens is 1. The summed E-state index contributed by atoms with van der Waals surface area (Å²) in [5.41, 5.74) is 0. The average Bonchev–Trinajstić information content (AvgIpc) is 2.58. The smallest absolute Gasteiger partial charge is 0.0931 e. The molecule has 2 nitrogen and oxygen atoms in total. The third-order valence-corrected chi connectivity index (χ3v) is 4.82. The molecule has 0 amide bonds. The molecule has 1 rings (SSSR count). The van der Waals surface area contributed by atoms with Gasteiger partial charge in [-0.2, -0.15) is 0 Å². The minimum Gasteiger partial charge on any atom is -0.312 e. The van der Waals surface area contributed by atoms with E-state index in [4.69, 9.17) is 11.6 Å². The Hall–Kier alpha value is 0.1000. The summed E-state index contributed by atoms with van der Waals surface area (Å²) in [6, 6.07) is 3.94. The summed E-state index contributed by atoms with van der Waals surface area (Å²) < 4.78 is 11.9. The van der Waals surface area contributed by atoms with Gasteiger partial charge in [-0.05, 0) is 25.1 Å². The van der Waals surface area contributed by atoms with Gasteiger partial charge in [0.15, 0.2) is 0 Å². The molecule has 1 N–H and O–H groups in total. The predicted octanol–water partition coefficient (Wildman–Crippen LogP) is 2.65. The average molecular weight is 266 g/mol. The monoisotopic (exact) mass is 265 g/mol. The first-order chi connectivity index (χ1) is 7.09. The van der Waals surface area contributed by atoms with E-state index in [2.05, 4.69) is 5.32 Å². The van der Waals surface area contributed by atoms with Crippen molar-refractivity contribution >= 4 is 33.7 Å². The van der Waals surface area contributed by atoms with Gasteiger partial charge in [0, 0.05) is 33.7 Å². The number of rotatable bonds is 6. The van der Waals surface area contributed by atoms with Gasteiger partial charge < -0.3 is 5.32 Å². The fourth-order valence-corrected chi connectivity index (χ4v) is 2.64. The molecule has 0 aliphatic carbocycles. The number of thiophene rings is 1. The standard InChI is InChI=1S/C10H16ClNOS2/c1-8(15(2)13)5-6-12-7-9-3-4-10(11)14-9/h3-4,8,12H,5-7H2,1-2H3. The molecule has 0 spiro atoms. The van der Waals surface area contributed by atoms with Crippen LogP contribution in [-0.2, 0) is 17.3 Å². The van der Waals surface area contributed by atoms with Gasteiger partial charge in [0.05, 0.1) is 4.34 Å². The van der Waals surface area contributed by atoms with Gasteiger partial charge in [0.2, 0.25) is 0 Å². The van der Waals surface area contributed by atoms with E-state index in [0.717, 1.165) is 23.8 Å². The summed E-state index contributed by atoms with van der Waals surface area (Å²) in [4.78, 5) is 1.24. The Morgan fingerprint density at radius 3 is 2.87 bits per heavy atom. The van der Waals surface area contributed by atoms with E-state index in [1.165, 1.54) is 4.88 Å². The summed E-state index contributed by atoms with van der Waals surface area (Å²) >= 11 is 7.41. The highest BCUT2D eigenvalue weighted by molar-refractivity contribution is 7.84. The first-order valence-corrected chi connectivity index (χ1v) is 7.68. The van der Waals surface area contributed by atoms with E-state index < -0.39 is 10.8 Å². The third-order valence-electron chi connectivity index (χ3n) is 2.22. The fraction of sp³-hybridized carbons (Fsp3) is 0.600. The van der Waals surface area contributed by atoms with E-state index in [-0.39, 0.29) is 5.25 Å². The van der Waals surface area contributed by atoms with Crippen molar-refractivity contribution in [3.8, 4) is 0 Å². The Bertz CT molecular complexity index is 327. The highest BCUT2D eigenvalue weighted by Crippen LogP contribution is 2.20. The molecular weight excluding hydrogens is 250 g/mol. The van der Waals surface area contributed by atoms with E-state index in [9.17, 15) is 4.21 Å². The van der Waals surface area contributed by atoms with Gasteiger partial charge >= 0.3 is 0 Å². The van der Waals surface area contributed by atoms with Gasteiger partial charge in [-0.25, -0.2) is 0 Å².